The molecule has 1 aromatic rings. The van der Waals surface area contributed by atoms with Crippen molar-refractivity contribution in [3.63, 3.8) is 0 Å². The quantitative estimate of drug-likeness (QED) is 0.794. The molecule has 92 valence electrons. The molecular formula is C12H20BrNOS. The fraction of sp³-hybridized carbons (Fsp3) is 0.667. The van der Waals surface area contributed by atoms with Gasteiger partial charge in [-0.3, -0.25) is 0 Å². The van der Waals surface area contributed by atoms with Crippen LogP contribution in [-0.2, 0) is 11.2 Å². The number of hydrogen-bond donors (Lipinski definition) is 1. The van der Waals surface area contributed by atoms with E-state index < -0.39 is 0 Å². The number of nitrogens with one attached hydrogen (secondary N) is 1. The van der Waals surface area contributed by atoms with Gasteiger partial charge in [-0.15, -0.1) is 11.3 Å². The molecule has 1 rings (SSSR count). The predicted molar refractivity (Wildman–Crippen MR) is 74.3 cm³/mol. The number of thiophene rings is 1. The molecule has 1 unspecified atom stereocenters. The lowest BCUT2D eigenvalue weighted by Gasteiger charge is -2.16. The van der Waals surface area contributed by atoms with Gasteiger partial charge < -0.3 is 10.1 Å². The third kappa shape index (κ3) is 5.43. The van der Waals surface area contributed by atoms with Gasteiger partial charge in [0, 0.05) is 18.0 Å². The van der Waals surface area contributed by atoms with Crippen LogP contribution in [0.1, 0.15) is 24.6 Å². The Morgan fingerprint density at radius 2 is 2.31 bits per heavy atom. The van der Waals surface area contributed by atoms with Crippen LogP contribution in [0.5, 0.6) is 0 Å². The number of halogens is 1. The maximum atomic E-state index is 5.23. The van der Waals surface area contributed by atoms with Crippen molar-refractivity contribution in [3.05, 3.63) is 20.8 Å². The van der Waals surface area contributed by atoms with E-state index in [4.69, 9.17) is 4.74 Å². The van der Waals surface area contributed by atoms with Crippen LogP contribution in [0, 0.1) is 0 Å². The van der Waals surface area contributed by atoms with Gasteiger partial charge in [0.2, 0.25) is 0 Å². The first-order valence-corrected chi connectivity index (χ1v) is 7.33. The zero-order chi connectivity index (χ0) is 11.8. The van der Waals surface area contributed by atoms with Gasteiger partial charge in [0.25, 0.3) is 0 Å². The zero-order valence-corrected chi connectivity index (χ0v) is 12.4. The summed E-state index contributed by atoms with van der Waals surface area (Å²) in [6, 6.07) is 4.79. The maximum absolute atomic E-state index is 5.23. The third-order valence-electron chi connectivity index (χ3n) is 2.42. The molecule has 0 aliphatic carbocycles. The first-order valence-electron chi connectivity index (χ1n) is 5.72. The summed E-state index contributed by atoms with van der Waals surface area (Å²) in [7, 11) is 1.77. The van der Waals surface area contributed by atoms with Crippen molar-refractivity contribution in [2.24, 2.45) is 0 Å². The molecule has 1 atom stereocenters. The Bertz CT molecular complexity index is 290. The second kappa shape index (κ2) is 8.23. The summed E-state index contributed by atoms with van der Waals surface area (Å²) in [5.41, 5.74) is 0. The molecule has 2 nitrogen and oxygen atoms in total. The second-order valence-electron chi connectivity index (χ2n) is 3.85. The van der Waals surface area contributed by atoms with Gasteiger partial charge in [-0.1, -0.05) is 6.92 Å². The first kappa shape index (κ1) is 14.2. The summed E-state index contributed by atoms with van der Waals surface area (Å²) in [5, 5.41) is 3.52. The number of hydrogen-bond acceptors (Lipinski definition) is 3. The average molecular weight is 306 g/mol. The van der Waals surface area contributed by atoms with Crippen molar-refractivity contribution in [2.75, 3.05) is 20.3 Å². The van der Waals surface area contributed by atoms with Gasteiger partial charge in [0.15, 0.2) is 0 Å². The largest absolute Gasteiger partial charge is 0.383 e. The van der Waals surface area contributed by atoms with Crippen LogP contribution in [0.25, 0.3) is 0 Å². The molecule has 0 aliphatic rings. The first-order chi connectivity index (χ1) is 7.76. The third-order valence-corrected chi connectivity index (χ3v) is 4.10. The summed E-state index contributed by atoms with van der Waals surface area (Å²) >= 11 is 5.31. The zero-order valence-electron chi connectivity index (χ0n) is 9.96. The van der Waals surface area contributed by atoms with Crippen LogP contribution in [0.3, 0.4) is 0 Å². The summed E-state index contributed by atoms with van der Waals surface area (Å²) < 4.78 is 6.44. The van der Waals surface area contributed by atoms with Crippen LogP contribution >= 0.6 is 27.3 Å². The highest BCUT2D eigenvalue weighted by Crippen LogP contribution is 2.23. The van der Waals surface area contributed by atoms with Gasteiger partial charge in [0.1, 0.15) is 0 Å². The summed E-state index contributed by atoms with van der Waals surface area (Å²) in [5.74, 6) is 0. The molecule has 16 heavy (non-hydrogen) atoms. The van der Waals surface area contributed by atoms with E-state index >= 15 is 0 Å². The topological polar surface area (TPSA) is 21.3 Å². The smallest absolute Gasteiger partial charge is 0.0701 e. The molecule has 0 aliphatic heterocycles. The van der Waals surface area contributed by atoms with E-state index in [2.05, 4.69) is 40.3 Å². The molecular weight excluding hydrogens is 286 g/mol. The number of aryl methyl sites for hydroxylation is 1. The molecule has 4 heteroatoms. The SMILES string of the molecule is CCCNC(CCc1ccc(Br)s1)COC. The highest BCUT2D eigenvalue weighted by Gasteiger charge is 2.08. The summed E-state index contributed by atoms with van der Waals surface area (Å²) in [6.07, 6.45) is 3.44. The van der Waals surface area contributed by atoms with Gasteiger partial charge in [-0.25, -0.2) is 0 Å². The van der Waals surface area contributed by atoms with E-state index in [1.54, 1.807) is 7.11 Å². The lowest BCUT2D eigenvalue weighted by molar-refractivity contribution is 0.163. The van der Waals surface area contributed by atoms with Crippen molar-refractivity contribution >= 4 is 27.3 Å². The molecule has 0 amide bonds. The van der Waals surface area contributed by atoms with Gasteiger partial charge >= 0.3 is 0 Å². The van der Waals surface area contributed by atoms with Crippen molar-refractivity contribution in [3.8, 4) is 0 Å². The van der Waals surface area contributed by atoms with Crippen LogP contribution in [0.15, 0.2) is 15.9 Å². The lowest BCUT2D eigenvalue weighted by atomic mass is 10.1. The van der Waals surface area contributed by atoms with Gasteiger partial charge in [-0.2, -0.15) is 0 Å². The van der Waals surface area contributed by atoms with Crippen molar-refractivity contribution in [1.29, 1.82) is 0 Å². The molecule has 0 spiro atoms. The minimum Gasteiger partial charge on any atom is -0.383 e. The van der Waals surface area contributed by atoms with Gasteiger partial charge in [0.05, 0.1) is 10.4 Å². The Labute approximate surface area is 111 Å². The molecule has 1 heterocycles. The number of methoxy groups -OCH3 is 1. The molecule has 1 aromatic heterocycles. The van der Waals surface area contributed by atoms with E-state index in [0.29, 0.717) is 6.04 Å². The van der Waals surface area contributed by atoms with E-state index in [-0.39, 0.29) is 0 Å². The van der Waals surface area contributed by atoms with Crippen molar-refractivity contribution < 1.29 is 4.74 Å². The Hall–Kier alpha value is 0.1000. The molecule has 0 saturated carbocycles. The van der Waals surface area contributed by atoms with Crippen LogP contribution < -0.4 is 5.32 Å². The maximum Gasteiger partial charge on any atom is 0.0701 e. The Morgan fingerprint density at radius 1 is 1.50 bits per heavy atom. The fourth-order valence-corrected chi connectivity index (χ4v) is 3.10. The Kier molecular flexibility index (Phi) is 7.28. The van der Waals surface area contributed by atoms with E-state index in [1.807, 2.05) is 11.3 Å². The van der Waals surface area contributed by atoms with Crippen LogP contribution in [0.4, 0.5) is 0 Å². The van der Waals surface area contributed by atoms with Crippen LogP contribution in [0.2, 0.25) is 0 Å². The van der Waals surface area contributed by atoms with Crippen LogP contribution in [-0.4, -0.2) is 26.3 Å². The molecule has 0 aromatic carbocycles. The lowest BCUT2D eigenvalue weighted by Crippen LogP contribution is -2.34. The molecule has 0 radical (unpaired) electrons. The monoisotopic (exact) mass is 305 g/mol. The minimum atomic E-state index is 0.478. The van der Waals surface area contributed by atoms with Crippen molar-refractivity contribution in [2.45, 2.75) is 32.2 Å². The average Bonchev–Trinajstić information content (AvgIpc) is 2.68. The second-order valence-corrected chi connectivity index (χ2v) is 6.40. The van der Waals surface area contributed by atoms with E-state index in [1.165, 1.54) is 15.1 Å². The standard InChI is InChI=1S/C12H20BrNOS/c1-3-8-14-10(9-15-2)4-5-11-6-7-12(13)16-11/h6-7,10,14H,3-5,8-9H2,1-2H3. The summed E-state index contributed by atoms with van der Waals surface area (Å²) in [6.45, 7) is 4.06. The highest BCUT2D eigenvalue weighted by atomic mass is 79.9. The molecule has 0 bridgehead atoms. The van der Waals surface area contributed by atoms with E-state index in [0.717, 1.165) is 26.0 Å². The fourth-order valence-electron chi connectivity index (χ4n) is 1.60. The Morgan fingerprint density at radius 3 is 2.88 bits per heavy atom. The minimum absolute atomic E-state index is 0.478. The summed E-state index contributed by atoms with van der Waals surface area (Å²) in [4.78, 5) is 1.44. The number of rotatable bonds is 8. The van der Waals surface area contributed by atoms with Crippen molar-refractivity contribution in [1.82, 2.24) is 5.32 Å². The van der Waals surface area contributed by atoms with Gasteiger partial charge in [-0.05, 0) is 53.9 Å². The number of ether oxygens (including phenoxy) is 1. The molecule has 0 saturated heterocycles. The molecule has 1 N–H and O–H groups in total. The van der Waals surface area contributed by atoms with E-state index in [9.17, 15) is 0 Å². The Balaban J connectivity index is 2.30. The predicted octanol–water partition coefficient (Wildman–Crippen LogP) is 3.46. The highest BCUT2D eigenvalue weighted by molar-refractivity contribution is 9.11. The normalized spacial score (nSPS) is 12.9. The molecule has 0 fully saturated rings.